The Bertz CT molecular complexity index is 2070. The minimum Gasteiger partial charge on any atom is -0.334 e. The number of hydrogen-bond donors (Lipinski definition) is 5. The second-order valence-corrected chi connectivity index (χ2v) is 19.9. The van der Waals surface area contributed by atoms with Gasteiger partial charge in [0, 0.05) is 32.7 Å². The summed E-state index contributed by atoms with van der Waals surface area (Å²) in [5.41, 5.74) is 13.1. The Labute approximate surface area is 459 Å². The average Bonchev–Trinajstić information content (AvgIpc) is 3.42. The van der Waals surface area contributed by atoms with E-state index >= 15 is 9.59 Å². The van der Waals surface area contributed by atoms with Gasteiger partial charge >= 0.3 is 0 Å². The molecule has 2 aromatic rings. The van der Waals surface area contributed by atoms with Crippen LogP contribution in [0.25, 0.3) is 0 Å². The van der Waals surface area contributed by atoms with Crippen molar-refractivity contribution in [2.75, 3.05) is 132 Å². The zero-order chi connectivity index (χ0) is 57.0. The molecule has 2 aromatic carbocycles. The molecule has 0 radical (unpaired) electrons. The van der Waals surface area contributed by atoms with Gasteiger partial charge in [-0.15, -0.1) is 6.58 Å². The Morgan fingerprint density at radius 1 is 0.494 bits per heavy atom. The van der Waals surface area contributed by atoms with E-state index in [1.165, 1.54) is 40.4 Å². The number of unbranched alkanes of at least 4 members (excludes halogenated alkanes) is 4. The summed E-state index contributed by atoms with van der Waals surface area (Å²) < 4.78 is 0. The molecule has 20 nitrogen and oxygen atoms in total. The number of amides is 7. The molecule has 430 valence electrons. The number of carbonyl (C=O) groups is 8. The number of rotatable bonds is 42. The zero-order valence-corrected chi connectivity index (χ0v) is 47.3. The molecule has 7 amide bonds. The summed E-state index contributed by atoms with van der Waals surface area (Å²) in [6.07, 6.45) is 7.52. The van der Waals surface area contributed by atoms with Crippen LogP contribution in [0.3, 0.4) is 0 Å². The van der Waals surface area contributed by atoms with Crippen LogP contribution in [0.15, 0.2) is 73.3 Å². The maximum atomic E-state index is 15.1. The van der Waals surface area contributed by atoms with Crippen LogP contribution in [-0.4, -0.2) is 214 Å². The Morgan fingerprint density at radius 3 is 1.35 bits per heavy atom. The Morgan fingerprint density at radius 2 is 0.883 bits per heavy atom. The van der Waals surface area contributed by atoms with Crippen molar-refractivity contribution in [1.82, 2.24) is 50.2 Å². The summed E-state index contributed by atoms with van der Waals surface area (Å²) in [4.78, 5) is 122. The van der Waals surface area contributed by atoms with Gasteiger partial charge in [0.25, 0.3) is 0 Å². The molecule has 0 heterocycles. The van der Waals surface area contributed by atoms with Gasteiger partial charge in [-0.1, -0.05) is 80.6 Å². The molecule has 0 saturated carbocycles. The molecular formula is C57H94N12O8. The first-order chi connectivity index (χ1) is 37.1. The van der Waals surface area contributed by atoms with Gasteiger partial charge in [0.15, 0.2) is 0 Å². The third-order valence-corrected chi connectivity index (χ3v) is 13.2. The third kappa shape index (κ3) is 25.8. The Kier molecular flexibility index (Phi) is 34.2. The highest BCUT2D eigenvalue weighted by molar-refractivity contribution is 5.93. The number of aldehydes is 1. The second kappa shape index (κ2) is 39.3. The smallest absolute Gasteiger partial charge is 0.243 e. The molecule has 7 N–H and O–H groups in total. The van der Waals surface area contributed by atoms with Gasteiger partial charge in [0.1, 0.15) is 25.9 Å². The molecule has 2 unspecified atom stereocenters. The number of nitrogens with zero attached hydrogens (tertiary/aromatic N) is 7. The monoisotopic (exact) mass is 1070 g/mol. The van der Waals surface area contributed by atoms with Crippen LogP contribution in [0.2, 0.25) is 0 Å². The lowest BCUT2D eigenvalue weighted by Crippen LogP contribution is -2.53. The minimum atomic E-state index is -0.682. The van der Waals surface area contributed by atoms with Crippen molar-refractivity contribution in [2.24, 2.45) is 17.4 Å². The summed E-state index contributed by atoms with van der Waals surface area (Å²) in [6.45, 7) is 12.8. The van der Waals surface area contributed by atoms with Crippen molar-refractivity contribution in [3.05, 3.63) is 84.4 Å². The SMILES string of the molecule is C=CCN(CC(=O)N(CCCCNC)CC(=O)N(CC(=O)N(CC(=O)N(CCCCN)CC(=O)N(CC=O)CC(C)C)C(C)c1ccccc1)C(C)c1ccccc1)C(=O)CN(CCCCN)C(=O)CNCCCCNC. The van der Waals surface area contributed by atoms with Crippen LogP contribution in [0.1, 0.15) is 102 Å². The second-order valence-electron chi connectivity index (χ2n) is 19.9. The highest BCUT2D eigenvalue weighted by atomic mass is 16.2. The Hall–Kier alpha value is -6.06. The predicted molar refractivity (Wildman–Crippen MR) is 303 cm³/mol. The van der Waals surface area contributed by atoms with Gasteiger partial charge in [-0.2, -0.15) is 0 Å². The van der Waals surface area contributed by atoms with Crippen molar-refractivity contribution in [3.8, 4) is 0 Å². The molecule has 0 aliphatic rings. The van der Waals surface area contributed by atoms with Gasteiger partial charge in [-0.05, 0) is 129 Å². The van der Waals surface area contributed by atoms with Crippen molar-refractivity contribution in [2.45, 2.75) is 91.1 Å². The van der Waals surface area contributed by atoms with Crippen LogP contribution in [0.5, 0.6) is 0 Å². The highest BCUT2D eigenvalue weighted by Gasteiger charge is 2.34. The maximum absolute atomic E-state index is 15.1. The van der Waals surface area contributed by atoms with Gasteiger partial charge in [0.05, 0.1) is 44.8 Å². The maximum Gasteiger partial charge on any atom is 0.243 e. The van der Waals surface area contributed by atoms with Crippen molar-refractivity contribution < 1.29 is 38.4 Å². The van der Waals surface area contributed by atoms with Gasteiger partial charge in [-0.25, -0.2) is 0 Å². The fraction of sp³-hybridized carbons (Fsp3) is 0.614. The predicted octanol–water partition coefficient (Wildman–Crippen LogP) is 2.42. The van der Waals surface area contributed by atoms with Crippen LogP contribution in [0, 0.1) is 5.92 Å². The average molecular weight is 1080 g/mol. The number of hydrogen-bond acceptors (Lipinski definition) is 13. The van der Waals surface area contributed by atoms with E-state index in [0.717, 1.165) is 30.5 Å². The van der Waals surface area contributed by atoms with Gasteiger partial charge in [0.2, 0.25) is 41.4 Å². The standard InChI is InChI=1S/C57H94N12O8/c1-8-32-63(52(72)41-64(33-20-15-27-58)51(71)38-62-31-18-17-29-60-6)40-53(73)66(35-22-19-30-61-7)43-56(76)69(48(5)50-25-13-10-14-26-50)45-57(77)68(47(4)49-23-11-9-12-24-49)44-55(75)65(34-21-16-28-59)42-54(74)67(36-37-70)39-46(2)3/h8-14,23-26,37,46-48,60-62H,1,15-22,27-36,38-45,58-59H2,2-7H3. The molecule has 2 atom stereocenters. The third-order valence-electron chi connectivity index (χ3n) is 13.2. The van der Waals surface area contributed by atoms with E-state index < -0.39 is 73.7 Å². The van der Waals surface area contributed by atoms with E-state index in [9.17, 15) is 28.8 Å². The molecule has 0 fully saturated rings. The van der Waals surface area contributed by atoms with E-state index in [1.54, 1.807) is 13.8 Å². The molecule has 0 saturated heterocycles. The molecule has 0 aromatic heterocycles. The van der Waals surface area contributed by atoms with E-state index in [2.05, 4.69) is 22.5 Å². The largest absolute Gasteiger partial charge is 0.334 e. The lowest BCUT2D eigenvalue weighted by molar-refractivity contribution is -0.150. The molecule has 0 bridgehead atoms. The molecule has 77 heavy (non-hydrogen) atoms. The first kappa shape index (κ1) is 67.1. The first-order valence-electron chi connectivity index (χ1n) is 27.6. The molecule has 0 aliphatic heterocycles. The normalized spacial score (nSPS) is 11.8. The van der Waals surface area contributed by atoms with Crippen molar-refractivity contribution in [3.63, 3.8) is 0 Å². The zero-order valence-electron chi connectivity index (χ0n) is 47.3. The molecule has 2 rings (SSSR count). The van der Waals surface area contributed by atoms with Crippen LogP contribution < -0.4 is 27.4 Å². The van der Waals surface area contributed by atoms with Gasteiger partial charge < -0.3 is 66.5 Å². The van der Waals surface area contributed by atoms with E-state index in [1.807, 2.05) is 88.6 Å². The minimum absolute atomic E-state index is 0.00797. The quantitative estimate of drug-likeness (QED) is 0.0365. The number of nitrogens with two attached hydrogens (primary N) is 2. The number of carbonyl (C=O) groups excluding carboxylic acids is 8. The summed E-state index contributed by atoms with van der Waals surface area (Å²) in [5, 5.41) is 9.40. The van der Waals surface area contributed by atoms with Crippen LogP contribution in [-0.2, 0) is 38.4 Å². The summed E-state index contributed by atoms with van der Waals surface area (Å²) in [5.74, 6) is -3.13. The molecule has 0 spiro atoms. The van der Waals surface area contributed by atoms with Crippen molar-refractivity contribution >= 4 is 47.6 Å². The van der Waals surface area contributed by atoms with E-state index in [0.29, 0.717) is 84.1 Å². The van der Waals surface area contributed by atoms with E-state index in [-0.39, 0.29) is 57.6 Å². The fourth-order valence-electron chi connectivity index (χ4n) is 8.68. The fourth-order valence-corrected chi connectivity index (χ4v) is 8.68. The van der Waals surface area contributed by atoms with E-state index in [4.69, 9.17) is 11.5 Å². The highest BCUT2D eigenvalue weighted by Crippen LogP contribution is 2.25. The molecule has 20 heteroatoms. The first-order valence-corrected chi connectivity index (χ1v) is 27.6. The van der Waals surface area contributed by atoms with Crippen LogP contribution >= 0.6 is 0 Å². The lowest BCUT2D eigenvalue weighted by atomic mass is 10.1. The van der Waals surface area contributed by atoms with Gasteiger partial charge in [-0.3, -0.25) is 33.6 Å². The topological polar surface area (TPSA) is 247 Å². The molecular weight excluding hydrogens is 981 g/mol. The van der Waals surface area contributed by atoms with Crippen molar-refractivity contribution in [1.29, 1.82) is 0 Å². The summed E-state index contributed by atoms with van der Waals surface area (Å²) in [7, 11) is 3.71. The lowest BCUT2D eigenvalue weighted by Gasteiger charge is -2.36. The van der Waals surface area contributed by atoms with Crippen LogP contribution in [0.4, 0.5) is 0 Å². The number of benzene rings is 2. The Balaban J connectivity index is 2.58. The number of nitrogens with one attached hydrogen (secondary N) is 3. The molecule has 0 aliphatic carbocycles. The summed E-state index contributed by atoms with van der Waals surface area (Å²) in [6, 6.07) is 17.0. The summed E-state index contributed by atoms with van der Waals surface area (Å²) >= 11 is 0.